The van der Waals surface area contributed by atoms with Crippen LogP contribution in [0.2, 0.25) is 0 Å². The van der Waals surface area contributed by atoms with Crippen LogP contribution in [-0.4, -0.2) is 0 Å². The monoisotopic (exact) mass is 344 g/mol. The molecule has 0 bridgehead atoms. The second-order valence-corrected chi connectivity index (χ2v) is 7.71. The largest absolute Gasteiger partial charge is 0.0807 e. The highest BCUT2D eigenvalue weighted by molar-refractivity contribution is 6.16. The minimum Gasteiger partial charge on any atom is -0.0807 e. The lowest BCUT2D eigenvalue weighted by molar-refractivity contribution is 0.936. The third-order valence-corrected chi connectivity index (χ3v) is 6.09. The Kier molecular flexibility index (Phi) is 3.16. The van der Waals surface area contributed by atoms with E-state index in [1.54, 1.807) is 0 Å². The van der Waals surface area contributed by atoms with Gasteiger partial charge in [-0.1, -0.05) is 60.7 Å². The first kappa shape index (κ1) is 15.0. The summed E-state index contributed by atoms with van der Waals surface area (Å²) in [6.45, 7) is 0. The molecule has 0 saturated heterocycles. The van der Waals surface area contributed by atoms with E-state index in [-0.39, 0.29) is 0 Å². The minimum absolute atomic E-state index is 1.21. The van der Waals surface area contributed by atoms with E-state index in [9.17, 15) is 0 Å². The van der Waals surface area contributed by atoms with Gasteiger partial charge in [-0.05, 0) is 97.8 Å². The fourth-order valence-corrected chi connectivity index (χ4v) is 4.72. The maximum atomic E-state index is 2.43. The zero-order valence-corrected chi connectivity index (χ0v) is 15.2. The van der Waals surface area contributed by atoms with Crippen LogP contribution >= 0.6 is 0 Å². The highest BCUT2D eigenvalue weighted by Crippen LogP contribution is 2.37. The quantitative estimate of drug-likeness (QED) is 0.214. The molecule has 0 spiro atoms. The molecule has 0 radical (unpaired) electrons. The summed E-state index contributed by atoms with van der Waals surface area (Å²) in [5.74, 6) is 0. The number of benzene rings is 5. The Morgan fingerprint density at radius 2 is 1.19 bits per heavy atom. The van der Waals surface area contributed by atoms with Crippen LogP contribution in [0.25, 0.3) is 48.7 Å². The highest BCUT2D eigenvalue weighted by atomic mass is 14.2. The first-order valence-corrected chi connectivity index (χ1v) is 9.84. The molecular weight excluding hydrogens is 324 g/mol. The van der Waals surface area contributed by atoms with Crippen LogP contribution in [0.15, 0.2) is 84.9 Å². The van der Waals surface area contributed by atoms with E-state index in [4.69, 9.17) is 0 Å². The van der Waals surface area contributed by atoms with Gasteiger partial charge in [-0.15, -0.1) is 0 Å². The molecule has 1 aliphatic carbocycles. The van der Waals surface area contributed by atoms with Crippen molar-refractivity contribution in [3.8, 4) is 0 Å². The fourth-order valence-electron chi connectivity index (χ4n) is 4.72. The van der Waals surface area contributed by atoms with Crippen LogP contribution in [0.5, 0.6) is 0 Å². The number of rotatable bonds is 1. The van der Waals surface area contributed by atoms with Crippen molar-refractivity contribution in [1.82, 2.24) is 0 Å². The van der Waals surface area contributed by atoms with Crippen molar-refractivity contribution in [3.05, 3.63) is 90.5 Å². The molecule has 0 N–H and O–H groups in total. The molecule has 5 aromatic carbocycles. The lowest BCUT2D eigenvalue weighted by Gasteiger charge is -2.12. The number of hydrogen-bond donors (Lipinski definition) is 0. The smallest absolute Gasteiger partial charge is 0.00986 e. The minimum atomic E-state index is 1.21. The van der Waals surface area contributed by atoms with Crippen molar-refractivity contribution < 1.29 is 0 Å². The predicted molar refractivity (Wildman–Crippen MR) is 118 cm³/mol. The molecule has 6 rings (SSSR count). The molecule has 0 aromatic heterocycles. The maximum Gasteiger partial charge on any atom is -0.00986 e. The molecule has 5 aromatic rings. The second-order valence-electron chi connectivity index (χ2n) is 7.71. The predicted octanol–water partition coefficient (Wildman–Crippen LogP) is 7.87. The highest BCUT2D eigenvalue weighted by Gasteiger charge is 2.12. The van der Waals surface area contributed by atoms with Gasteiger partial charge >= 0.3 is 0 Å². The van der Waals surface area contributed by atoms with Gasteiger partial charge in [-0.3, -0.25) is 0 Å². The summed E-state index contributed by atoms with van der Waals surface area (Å²) in [7, 11) is 0. The van der Waals surface area contributed by atoms with E-state index in [0.29, 0.717) is 0 Å². The van der Waals surface area contributed by atoms with Crippen LogP contribution in [0.4, 0.5) is 0 Å². The van der Waals surface area contributed by atoms with Gasteiger partial charge in [0, 0.05) is 0 Å². The molecule has 0 nitrogen and oxygen atoms in total. The Labute approximate surface area is 158 Å². The Morgan fingerprint density at radius 3 is 1.96 bits per heavy atom. The van der Waals surface area contributed by atoms with Crippen LogP contribution in [0.3, 0.4) is 0 Å². The average molecular weight is 344 g/mol. The summed E-state index contributed by atoms with van der Waals surface area (Å²) in [4.78, 5) is 0. The standard InChI is InChI=1S/C27H20/c1-2-7-18(6-1)24-11-5-10-21-15-23-13-12-22-14-19-8-3-4-9-20(19)16-25(22)27(23)17-26(21)24/h3-6,8-17H,1-2,7H2. The first-order chi connectivity index (χ1) is 13.4. The number of allylic oxidation sites excluding steroid dienone is 2. The molecule has 0 unspecified atom stereocenters. The van der Waals surface area contributed by atoms with Crippen molar-refractivity contribution in [2.45, 2.75) is 19.3 Å². The van der Waals surface area contributed by atoms with Gasteiger partial charge in [0.05, 0.1) is 0 Å². The van der Waals surface area contributed by atoms with Crippen molar-refractivity contribution in [2.75, 3.05) is 0 Å². The zero-order chi connectivity index (χ0) is 17.8. The van der Waals surface area contributed by atoms with Crippen molar-refractivity contribution in [3.63, 3.8) is 0 Å². The zero-order valence-electron chi connectivity index (χ0n) is 15.2. The topological polar surface area (TPSA) is 0 Å². The van der Waals surface area contributed by atoms with Crippen LogP contribution < -0.4 is 0 Å². The molecule has 0 saturated carbocycles. The summed E-state index contributed by atoms with van der Waals surface area (Å²) in [5.41, 5.74) is 2.94. The Balaban J connectivity index is 1.74. The number of hydrogen-bond acceptors (Lipinski definition) is 0. The Morgan fingerprint density at radius 1 is 0.519 bits per heavy atom. The van der Waals surface area contributed by atoms with Gasteiger partial charge in [0.15, 0.2) is 0 Å². The number of fused-ring (bicyclic) bond motifs is 5. The van der Waals surface area contributed by atoms with Gasteiger partial charge in [0.25, 0.3) is 0 Å². The first-order valence-electron chi connectivity index (χ1n) is 9.84. The van der Waals surface area contributed by atoms with E-state index in [1.165, 1.54) is 73.5 Å². The summed E-state index contributed by atoms with van der Waals surface area (Å²) >= 11 is 0. The fraction of sp³-hybridized carbons (Fsp3) is 0.111. The van der Waals surface area contributed by atoms with E-state index in [2.05, 4.69) is 84.9 Å². The molecule has 0 amide bonds. The third kappa shape index (κ3) is 2.30. The van der Waals surface area contributed by atoms with Gasteiger partial charge in [0.2, 0.25) is 0 Å². The van der Waals surface area contributed by atoms with Gasteiger partial charge in [-0.2, -0.15) is 0 Å². The van der Waals surface area contributed by atoms with Crippen LogP contribution in [0.1, 0.15) is 24.8 Å². The lowest BCUT2D eigenvalue weighted by Crippen LogP contribution is -1.86. The maximum absolute atomic E-state index is 2.43. The molecule has 0 heterocycles. The van der Waals surface area contributed by atoms with Gasteiger partial charge in [0.1, 0.15) is 0 Å². The SMILES string of the molecule is C1=C(c2cccc3cc4ccc5cc6ccccc6cc5c4cc23)CCC1. The summed E-state index contributed by atoms with van der Waals surface area (Å²) in [6, 6.07) is 29.4. The molecule has 1 aliphatic rings. The third-order valence-electron chi connectivity index (χ3n) is 6.09. The van der Waals surface area contributed by atoms with E-state index in [0.717, 1.165) is 0 Å². The molecule has 0 atom stereocenters. The van der Waals surface area contributed by atoms with Crippen LogP contribution in [-0.2, 0) is 0 Å². The second kappa shape index (κ2) is 5.69. The Hall–Kier alpha value is -3.12. The van der Waals surface area contributed by atoms with Crippen molar-refractivity contribution in [1.29, 1.82) is 0 Å². The van der Waals surface area contributed by atoms with E-state index < -0.39 is 0 Å². The Bertz CT molecular complexity index is 1390. The van der Waals surface area contributed by atoms with Gasteiger partial charge in [-0.25, -0.2) is 0 Å². The van der Waals surface area contributed by atoms with E-state index in [1.807, 2.05) is 0 Å². The summed E-state index contributed by atoms with van der Waals surface area (Å²) < 4.78 is 0. The normalized spacial score (nSPS) is 14.4. The van der Waals surface area contributed by atoms with Crippen molar-refractivity contribution in [2.24, 2.45) is 0 Å². The summed E-state index contributed by atoms with van der Waals surface area (Å²) in [5, 5.41) is 10.7. The lowest BCUT2D eigenvalue weighted by atomic mass is 9.92. The average Bonchev–Trinajstić information content (AvgIpc) is 3.25. The molecule has 128 valence electrons. The molecule has 0 fully saturated rings. The molecule has 0 heteroatoms. The van der Waals surface area contributed by atoms with Crippen molar-refractivity contribution >= 4 is 48.7 Å². The molecule has 27 heavy (non-hydrogen) atoms. The summed E-state index contributed by atoms with van der Waals surface area (Å²) in [6.07, 6.45) is 6.13. The molecular formula is C27H20. The van der Waals surface area contributed by atoms with Crippen LogP contribution in [0, 0.1) is 0 Å². The van der Waals surface area contributed by atoms with E-state index >= 15 is 0 Å². The molecule has 0 aliphatic heterocycles. The van der Waals surface area contributed by atoms with Gasteiger partial charge < -0.3 is 0 Å².